The van der Waals surface area contributed by atoms with Crippen LogP contribution in [0, 0.1) is 0 Å². The van der Waals surface area contributed by atoms with Gasteiger partial charge in [0.15, 0.2) is 0 Å². The number of hydrogen-bond donors (Lipinski definition) is 0. The fourth-order valence-electron chi connectivity index (χ4n) is 5.48. The van der Waals surface area contributed by atoms with Gasteiger partial charge in [-0.05, 0) is 0 Å². The van der Waals surface area contributed by atoms with Crippen LogP contribution in [0.15, 0.2) is 91.0 Å². The number of carbonyl (C=O) groups is 1. The predicted molar refractivity (Wildman–Crippen MR) is 151 cm³/mol. The zero-order chi connectivity index (χ0) is 23.0. The van der Waals surface area contributed by atoms with Gasteiger partial charge in [-0.1, -0.05) is 0 Å². The zero-order valence-corrected chi connectivity index (χ0v) is 26.1. The molecular formula is C25H37ClOP3W. The normalized spacial score (nSPS) is 16.0. The van der Waals surface area contributed by atoms with E-state index in [-0.39, 0.29) is 0 Å². The van der Waals surface area contributed by atoms with E-state index in [0.717, 1.165) is 0 Å². The Morgan fingerprint density at radius 2 is 0.774 bits per heavy atom. The van der Waals surface area contributed by atoms with Crippen molar-refractivity contribution in [2.24, 2.45) is 0 Å². The average Bonchev–Trinajstić information content (AvgIpc) is 2.79. The van der Waals surface area contributed by atoms with E-state index in [1.807, 2.05) is 0 Å². The molecule has 0 N–H and O–H groups in total. The Morgan fingerprint density at radius 3 is 0.968 bits per heavy atom. The van der Waals surface area contributed by atoms with E-state index in [0.29, 0.717) is 0 Å². The Labute approximate surface area is 193 Å². The molecule has 0 aliphatic heterocycles. The van der Waals surface area contributed by atoms with Crippen LogP contribution in [-0.2, 0) is 17.0 Å². The first-order chi connectivity index (χ1) is 14.5. The van der Waals surface area contributed by atoms with Crippen molar-refractivity contribution in [3.8, 4) is 0 Å². The molecule has 0 aromatic heterocycles. The van der Waals surface area contributed by atoms with Gasteiger partial charge >= 0.3 is 194 Å². The molecule has 0 bridgehead atoms. The Bertz CT molecular complexity index is 926. The number of hydrogen-bond acceptors (Lipinski definition) is 1. The van der Waals surface area contributed by atoms with E-state index in [1.165, 1.54) is 20.6 Å². The van der Waals surface area contributed by atoms with Crippen LogP contribution in [-0.4, -0.2) is 44.7 Å². The molecule has 0 atom stereocenters. The number of rotatable bonds is 7. The monoisotopic (exact) mass is 665 g/mol. The van der Waals surface area contributed by atoms with Crippen LogP contribution < -0.4 is 15.9 Å². The predicted octanol–water partition coefficient (Wildman–Crippen LogP) is 5.77. The van der Waals surface area contributed by atoms with Crippen molar-refractivity contribution >= 4 is 46.1 Å². The molecule has 1 nitrogen and oxygen atoms in total. The third-order valence-corrected chi connectivity index (χ3v) is 199. The van der Waals surface area contributed by atoms with Gasteiger partial charge in [-0.2, -0.15) is 0 Å². The van der Waals surface area contributed by atoms with Crippen molar-refractivity contribution in [3.05, 3.63) is 91.0 Å². The van der Waals surface area contributed by atoms with Gasteiger partial charge < -0.3 is 0 Å². The fraction of sp³-hybridized carbons (Fsp3) is 0.240. The Morgan fingerprint density at radius 1 is 0.548 bits per heavy atom. The van der Waals surface area contributed by atoms with E-state index in [2.05, 4.69) is 131 Å². The first-order valence-electron chi connectivity index (χ1n) is 10.7. The van der Waals surface area contributed by atoms with Crippen LogP contribution in [0.3, 0.4) is 0 Å². The average molecular weight is 666 g/mol. The van der Waals surface area contributed by atoms with Crippen LogP contribution in [0.5, 0.6) is 0 Å². The molecule has 0 radical (unpaired) electrons. The third-order valence-electron chi connectivity index (χ3n) is 7.58. The van der Waals surface area contributed by atoms with Crippen LogP contribution in [0.4, 0.5) is 0 Å². The Balaban J connectivity index is 2.51. The number of carbonyl (C=O) groups excluding carboxylic acids is 1. The van der Waals surface area contributed by atoms with E-state index in [4.69, 9.17) is 9.42 Å². The van der Waals surface area contributed by atoms with E-state index >= 15 is 0 Å². The summed E-state index contributed by atoms with van der Waals surface area (Å²) in [5.41, 5.74) is 0. The molecule has 0 aliphatic rings. The molecule has 3 aromatic carbocycles. The van der Waals surface area contributed by atoms with Crippen molar-refractivity contribution in [1.82, 2.24) is 0 Å². The minimum atomic E-state index is -4.76. The molecule has 0 aliphatic carbocycles. The molecule has 0 amide bonds. The van der Waals surface area contributed by atoms with Crippen molar-refractivity contribution in [2.45, 2.75) is 0 Å². The van der Waals surface area contributed by atoms with Gasteiger partial charge in [-0.25, -0.2) is 0 Å². The second kappa shape index (κ2) is 8.75. The summed E-state index contributed by atoms with van der Waals surface area (Å²) in [5, 5.41) is -3.19. The molecule has 0 unspecified atom stereocenters. The summed E-state index contributed by atoms with van der Waals surface area (Å²) in [7, 11) is 8.49. The van der Waals surface area contributed by atoms with Crippen LogP contribution in [0.1, 0.15) is 0 Å². The topological polar surface area (TPSA) is 17.1 Å². The van der Waals surface area contributed by atoms with Gasteiger partial charge in [0, 0.05) is 0 Å². The van der Waals surface area contributed by atoms with E-state index in [1.54, 1.807) is 0 Å². The Hall–Kier alpha value is -0.402. The summed E-state index contributed by atoms with van der Waals surface area (Å²) >= 11 is -4.76. The maximum absolute atomic E-state index is 13.9. The molecule has 171 valence electrons. The van der Waals surface area contributed by atoms with Gasteiger partial charge in [-0.15, -0.1) is 0 Å². The SMILES string of the molecule is C[PH](C)(c1ccccc1)[W]([Cl])([CH]=O)([PH](C)(C)c1ccccc1)[PH](C)(C)c1ccccc1. The summed E-state index contributed by atoms with van der Waals surface area (Å²) in [4.78, 5) is 13.9. The zero-order valence-electron chi connectivity index (χ0n) is 19.4. The minimum absolute atomic E-state index is 1.33. The quantitative estimate of drug-likeness (QED) is 0.232. The summed E-state index contributed by atoms with van der Waals surface area (Å²) in [6.07, 6.45) is 0. The third kappa shape index (κ3) is 3.39. The molecule has 31 heavy (non-hydrogen) atoms. The van der Waals surface area contributed by atoms with Gasteiger partial charge in [-0.3, -0.25) is 0 Å². The molecular weight excluding hydrogens is 628 g/mol. The number of benzene rings is 3. The van der Waals surface area contributed by atoms with Crippen molar-refractivity contribution in [2.75, 3.05) is 40.0 Å². The summed E-state index contributed by atoms with van der Waals surface area (Å²) in [6.45, 7) is 14.4. The molecule has 3 aromatic rings. The van der Waals surface area contributed by atoms with Crippen LogP contribution in [0.25, 0.3) is 0 Å². The van der Waals surface area contributed by atoms with Crippen LogP contribution in [0.2, 0.25) is 0 Å². The molecule has 0 spiro atoms. The van der Waals surface area contributed by atoms with Crippen molar-refractivity contribution < 1.29 is 17.0 Å². The molecule has 0 saturated heterocycles. The molecule has 0 fully saturated rings. The summed E-state index contributed by atoms with van der Waals surface area (Å²) in [5.74, 6) is 0. The van der Waals surface area contributed by atoms with Gasteiger partial charge in [0.1, 0.15) is 0 Å². The van der Waals surface area contributed by atoms with Gasteiger partial charge in [0.2, 0.25) is 0 Å². The second-order valence-electron chi connectivity index (χ2n) is 9.71. The molecule has 6 heteroatoms. The first kappa shape index (κ1) is 25.2. The first-order valence-corrected chi connectivity index (χ1v) is 38.0. The van der Waals surface area contributed by atoms with Gasteiger partial charge in [0.25, 0.3) is 0 Å². The fourth-order valence-corrected chi connectivity index (χ4v) is 201. The Kier molecular flexibility index (Phi) is 7.12. The van der Waals surface area contributed by atoms with Crippen molar-refractivity contribution in [1.29, 1.82) is 0 Å². The van der Waals surface area contributed by atoms with E-state index < -0.39 is 28.3 Å². The molecule has 0 heterocycles. The number of halogens is 1. The van der Waals surface area contributed by atoms with Crippen molar-refractivity contribution in [3.63, 3.8) is 0 Å². The van der Waals surface area contributed by atoms with Gasteiger partial charge in [0.05, 0.1) is 0 Å². The second-order valence-corrected chi connectivity index (χ2v) is 104. The van der Waals surface area contributed by atoms with Crippen LogP contribution >= 0.6 is 25.5 Å². The summed E-state index contributed by atoms with van der Waals surface area (Å²) < 4.78 is 1.43. The molecule has 3 rings (SSSR count). The molecule has 0 saturated carbocycles. The summed E-state index contributed by atoms with van der Waals surface area (Å²) in [6, 6.07) is 32.2. The standard InChI is InChI=1S/3C8H11P.CHO.ClH.W/c3*1-9(2)8-6-4-3-5-7-8;1-2;;/h3*3-7H,1-2H3;1H;1H;/q;;;;;-2/p+2. The maximum atomic E-state index is 13.9. The van der Waals surface area contributed by atoms with E-state index in [9.17, 15) is 4.79 Å².